The van der Waals surface area contributed by atoms with Gasteiger partial charge < -0.3 is 43.0 Å². The number of imidazole rings is 1. The number of alkyl carbamates (subject to hydrolysis) is 1. The first-order valence-corrected chi connectivity index (χ1v) is 20.6. The number of ether oxygens (including phenoxy) is 4. The van der Waals surface area contributed by atoms with Crippen LogP contribution in [0.2, 0.25) is 6.32 Å². The lowest BCUT2D eigenvalue weighted by molar-refractivity contribution is -0.199. The number of hydrogen-bond acceptors (Lipinski definition) is 11. The van der Waals surface area contributed by atoms with Crippen molar-refractivity contribution in [1.29, 1.82) is 0 Å². The van der Waals surface area contributed by atoms with Gasteiger partial charge in [0.25, 0.3) is 5.91 Å². The van der Waals surface area contributed by atoms with Crippen LogP contribution >= 0.6 is 0 Å². The normalized spacial score (nSPS) is 24.5. The summed E-state index contributed by atoms with van der Waals surface area (Å²) >= 11 is 0. The molecular weight excluding hydrogens is 743 g/mol. The molecule has 2 amide bonds. The predicted molar refractivity (Wildman–Crippen MR) is 216 cm³/mol. The van der Waals surface area contributed by atoms with E-state index in [1.54, 1.807) is 52.5 Å². The van der Waals surface area contributed by atoms with E-state index < -0.39 is 52.9 Å². The summed E-state index contributed by atoms with van der Waals surface area (Å²) < 4.78 is 37.8. The third kappa shape index (κ3) is 9.51. The van der Waals surface area contributed by atoms with Gasteiger partial charge in [-0.25, -0.2) is 14.6 Å². The van der Waals surface area contributed by atoms with Gasteiger partial charge in [-0.1, -0.05) is 19.9 Å². The fourth-order valence-corrected chi connectivity index (χ4v) is 8.91. The van der Waals surface area contributed by atoms with Crippen molar-refractivity contribution in [1.82, 2.24) is 19.8 Å². The maximum absolute atomic E-state index is 14.0. The number of carbonyl (C=O) groups excluding carboxylic acids is 4. The average molecular weight is 807 g/mol. The molecule has 3 saturated carbocycles. The minimum atomic E-state index is -1.20. The third-order valence-corrected chi connectivity index (χ3v) is 11.8. The van der Waals surface area contributed by atoms with E-state index in [1.807, 2.05) is 33.8 Å². The molecule has 5 fully saturated rings. The molecule has 1 aromatic heterocycles. The molecule has 7 rings (SSSR count). The topological polar surface area (TPSA) is 157 Å². The van der Waals surface area contributed by atoms with Crippen LogP contribution in [0.4, 0.5) is 4.79 Å². The zero-order valence-corrected chi connectivity index (χ0v) is 36.6. The lowest BCUT2D eigenvalue weighted by atomic mass is 9.43. The Labute approximate surface area is 343 Å². The Kier molecular flexibility index (Phi) is 11.6. The SMILES string of the molecule is Cc1c(CCB2O[C@@H]3C[C@@H]4C[C@@H](C4(C)C)[C@]3(C)O2)ccc(OC2CN(C(=O)C(NC(=O)OC(C)(C)C)c3cn(CC(=O)OC(C)(C)C)cn3)C2)c1C(=O)OC(C)(C)C. The van der Waals surface area contributed by atoms with Crippen molar-refractivity contribution >= 4 is 31.1 Å². The summed E-state index contributed by atoms with van der Waals surface area (Å²) in [7, 11) is -0.323. The van der Waals surface area contributed by atoms with E-state index in [-0.39, 0.29) is 49.6 Å². The van der Waals surface area contributed by atoms with Crippen molar-refractivity contribution in [3.63, 3.8) is 0 Å². The third-order valence-electron chi connectivity index (χ3n) is 11.8. The maximum atomic E-state index is 14.0. The summed E-state index contributed by atoms with van der Waals surface area (Å²) in [5.41, 5.74) is 0.0504. The van der Waals surface area contributed by atoms with Crippen LogP contribution in [-0.2, 0) is 46.1 Å². The van der Waals surface area contributed by atoms with Gasteiger partial charge >= 0.3 is 25.2 Å². The van der Waals surface area contributed by atoms with Crippen molar-refractivity contribution in [3.8, 4) is 5.75 Å². The quantitative estimate of drug-likeness (QED) is 0.148. The molecular formula is C43H63BN4O10. The standard InChI is InChI=1S/C43H63BN4O10/c1-25-26(16-17-44-57-32-19-27-18-31(42(27,11)12)43(32,13)58-44)14-15-30(34(25)37(51)55-40(5,6)7)53-28-20-48(21-28)36(50)35(46-38(52)56-41(8,9)10)29-22-47(24-45-29)23-33(49)54-39(2,3)4/h14-15,22,24,27-28,31-32,35H,16-21,23H2,1-13H3,(H,46,52)/t27-,31-,32+,35?,43-/m0/s1. The number of esters is 2. The molecule has 5 aliphatic rings. The van der Waals surface area contributed by atoms with Crippen LogP contribution in [0.5, 0.6) is 5.75 Å². The molecule has 318 valence electrons. The lowest BCUT2D eigenvalue weighted by Crippen LogP contribution is -2.65. The molecule has 3 aliphatic carbocycles. The summed E-state index contributed by atoms with van der Waals surface area (Å²) in [5.74, 6) is 0.114. The molecule has 14 nitrogen and oxygen atoms in total. The number of nitrogens with zero attached hydrogens (tertiary/aromatic N) is 3. The summed E-state index contributed by atoms with van der Waals surface area (Å²) in [4.78, 5) is 59.0. The monoisotopic (exact) mass is 806 g/mol. The van der Waals surface area contributed by atoms with Gasteiger partial charge in [0.2, 0.25) is 0 Å². The minimum Gasteiger partial charge on any atom is -0.486 e. The second-order valence-electron chi connectivity index (χ2n) is 20.3. The number of aromatic nitrogens is 2. The second-order valence-corrected chi connectivity index (χ2v) is 20.3. The molecule has 0 spiro atoms. The molecule has 2 saturated heterocycles. The summed E-state index contributed by atoms with van der Waals surface area (Å²) in [6.07, 6.45) is 5.29. The van der Waals surface area contributed by atoms with Crippen molar-refractivity contribution in [2.75, 3.05) is 13.1 Å². The van der Waals surface area contributed by atoms with E-state index in [2.05, 4.69) is 31.1 Å². The van der Waals surface area contributed by atoms with Crippen molar-refractivity contribution in [3.05, 3.63) is 47.0 Å². The highest BCUT2D eigenvalue weighted by Gasteiger charge is 2.67. The number of carbonyl (C=O) groups is 4. The molecule has 1 unspecified atom stereocenters. The van der Waals surface area contributed by atoms with E-state index in [0.29, 0.717) is 35.9 Å². The van der Waals surface area contributed by atoms with Crippen LogP contribution in [0.15, 0.2) is 24.7 Å². The maximum Gasteiger partial charge on any atom is 0.457 e. The van der Waals surface area contributed by atoms with Gasteiger partial charge in [0, 0.05) is 6.20 Å². The molecule has 3 heterocycles. The lowest BCUT2D eigenvalue weighted by Gasteiger charge is -2.64. The first-order chi connectivity index (χ1) is 26.7. The fourth-order valence-electron chi connectivity index (χ4n) is 8.91. The van der Waals surface area contributed by atoms with Crippen LogP contribution in [0.1, 0.15) is 129 Å². The Hall–Kier alpha value is -4.11. The highest BCUT2D eigenvalue weighted by molar-refractivity contribution is 6.45. The molecule has 58 heavy (non-hydrogen) atoms. The van der Waals surface area contributed by atoms with Crippen LogP contribution in [-0.4, -0.2) is 93.2 Å². The van der Waals surface area contributed by atoms with E-state index in [9.17, 15) is 19.2 Å². The number of rotatable bonds is 11. The van der Waals surface area contributed by atoms with Gasteiger partial charge in [-0.15, -0.1) is 0 Å². The van der Waals surface area contributed by atoms with Crippen molar-refractivity contribution in [2.24, 2.45) is 17.3 Å². The predicted octanol–water partition coefficient (Wildman–Crippen LogP) is 6.61. The molecule has 0 radical (unpaired) electrons. The number of nitrogens with one attached hydrogen (secondary N) is 1. The smallest absolute Gasteiger partial charge is 0.457 e. The first kappa shape index (κ1) is 43.5. The molecule has 2 bridgehead atoms. The largest absolute Gasteiger partial charge is 0.486 e. The minimum absolute atomic E-state index is 0.0993. The van der Waals surface area contributed by atoms with Crippen LogP contribution < -0.4 is 10.1 Å². The Morgan fingerprint density at radius 2 is 1.60 bits per heavy atom. The Morgan fingerprint density at radius 3 is 2.22 bits per heavy atom. The average Bonchev–Trinajstić information content (AvgIpc) is 3.64. The second kappa shape index (κ2) is 15.5. The van der Waals surface area contributed by atoms with E-state index in [1.165, 1.54) is 23.5 Å². The van der Waals surface area contributed by atoms with Crippen molar-refractivity contribution in [2.45, 2.75) is 163 Å². The van der Waals surface area contributed by atoms with Crippen LogP contribution in [0, 0.1) is 24.2 Å². The zero-order chi connectivity index (χ0) is 42.7. The van der Waals surface area contributed by atoms with Gasteiger partial charge in [0.1, 0.15) is 40.8 Å². The number of likely N-dealkylation sites (tertiary alicyclic amines) is 1. The van der Waals surface area contributed by atoms with Gasteiger partial charge in [0.15, 0.2) is 6.04 Å². The van der Waals surface area contributed by atoms with Crippen molar-refractivity contribution < 1.29 is 47.4 Å². The van der Waals surface area contributed by atoms with E-state index in [0.717, 1.165) is 17.5 Å². The fraction of sp³-hybridized carbons (Fsp3) is 0.698. The Morgan fingerprint density at radius 1 is 0.948 bits per heavy atom. The molecule has 2 aliphatic heterocycles. The first-order valence-electron chi connectivity index (χ1n) is 20.6. The molecule has 5 atom stereocenters. The number of benzene rings is 1. The summed E-state index contributed by atoms with van der Waals surface area (Å²) in [6.45, 7) is 25.0. The Bertz CT molecular complexity index is 1900. The Balaban J connectivity index is 1.14. The molecule has 15 heteroatoms. The molecule has 2 aromatic rings. The summed E-state index contributed by atoms with van der Waals surface area (Å²) in [6, 6.07) is 2.56. The van der Waals surface area contributed by atoms with Gasteiger partial charge in [-0.05, 0) is 136 Å². The molecule has 1 N–H and O–H groups in total. The van der Waals surface area contributed by atoms with Gasteiger partial charge in [0.05, 0.1) is 36.8 Å². The van der Waals surface area contributed by atoms with Crippen LogP contribution in [0.25, 0.3) is 0 Å². The highest BCUT2D eigenvalue weighted by atomic mass is 16.7. The highest BCUT2D eigenvalue weighted by Crippen LogP contribution is 2.65. The number of hydrogen-bond donors (Lipinski definition) is 1. The zero-order valence-electron chi connectivity index (χ0n) is 36.6. The molecule has 1 aromatic carbocycles. The summed E-state index contributed by atoms with van der Waals surface area (Å²) in [5, 5.41) is 2.66. The van der Waals surface area contributed by atoms with Gasteiger partial charge in [-0.3, -0.25) is 9.59 Å². The number of amides is 2. The van der Waals surface area contributed by atoms with E-state index in [4.69, 9.17) is 28.3 Å². The number of aryl methyl sites for hydroxylation is 1. The van der Waals surface area contributed by atoms with Crippen LogP contribution in [0.3, 0.4) is 0 Å². The van der Waals surface area contributed by atoms with E-state index >= 15 is 0 Å². The van der Waals surface area contributed by atoms with Gasteiger partial charge in [-0.2, -0.15) is 0 Å².